The van der Waals surface area contributed by atoms with E-state index in [-0.39, 0.29) is 18.5 Å². The van der Waals surface area contributed by atoms with Crippen molar-refractivity contribution in [1.82, 2.24) is 15.2 Å². The number of benzene rings is 1. The molecule has 2 heterocycles. The molecule has 0 saturated carbocycles. The zero-order chi connectivity index (χ0) is 20.1. The van der Waals surface area contributed by atoms with Crippen LogP contribution in [0.15, 0.2) is 34.7 Å². The van der Waals surface area contributed by atoms with Crippen LogP contribution in [0, 0.1) is 6.92 Å². The Kier molecular flexibility index (Phi) is 6.17. The molecule has 1 aliphatic rings. The quantitative estimate of drug-likeness (QED) is 0.497. The number of carbonyl (C=O) groups is 2. The fourth-order valence-corrected chi connectivity index (χ4v) is 3.57. The standard InChI is InChI=1S/C22H29N3O3/c1-4-5-6-7-11-14-22(3)20(26)25(21(27)24-22)15-18-16(2)28-19(23-18)17-12-9-8-10-13-17/h8-10,12-13H,4-7,11,14-15H2,1-3H3,(H,24,27)/t22-/m1/s1. The Balaban J connectivity index is 1.67. The van der Waals surface area contributed by atoms with Crippen molar-refractivity contribution in [3.05, 3.63) is 41.8 Å². The molecule has 1 N–H and O–H groups in total. The highest BCUT2D eigenvalue weighted by Gasteiger charge is 2.47. The summed E-state index contributed by atoms with van der Waals surface area (Å²) in [5.74, 6) is 0.933. The summed E-state index contributed by atoms with van der Waals surface area (Å²) in [6, 6.07) is 9.23. The van der Waals surface area contributed by atoms with Crippen LogP contribution >= 0.6 is 0 Å². The summed E-state index contributed by atoms with van der Waals surface area (Å²) in [6.07, 6.45) is 6.22. The molecule has 1 aromatic carbocycles. The van der Waals surface area contributed by atoms with Gasteiger partial charge in [0.05, 0.1) is 6.54 Å². The summed E-state index contributed by atoms with van der Waals surface area (Å²) < 4.78 is 5.76. The second-order valence-corrected chi connectivity index (χ2v) is 7.71. The largest absolute Gasteiger partial charge is 0.441 e. The maximum absolute atomic E-state index is 12.9. The Morgan fingerprint density at radius 2 is 1.82 bits per heavy atom. The summed E-state index contributed by atoms with van der Waals surface area (Å²) in [6.45, 7) is 5.92. The number of aromatic nitrogens is 1. The molecule has 1 fully saturated rings. The van der Waals surface area contributed by atoms with E-state index in [1.54, 1.807) is 6.92 Å². The van der Waals surface area contributed by atoms with Gasteiger partial charge in [0.2, 0.25) is 5.89 Å². The smallest absolute Gasteiger partial charge is 0.325 e. The minimum Gasteiger partial charge on any atom is -0.441 e. The van der Waals surface area contributed by atoms with E-state index in [9.17, 15) is 9.59 Å². The molecule has 2 aromatic rings. The van der Waals surface area contributed by atoms with Crippen LogP contribution in [0.3, 0.4) is 0 Å². The third-order valence-corrected chi connectivity index (χ3v) is 5.35. The monoisotopic (exact) mass is 383 g/mol. The van der Waals surface area contributed by atoms with Crippen molar-refractivity contribution in [2.75, 3.05) is 0 Å². The molecule has 0 aliphatic carbocycles. The van der Waals surface area contributed by atoms with Crippen LogP contribution in [0.5, 0.6) is 0 Å². The van der Waals surface area contributed by atoms with E-state index in [0.717, 1.165) is 18.4 Å². The Morgan fingerprint density at radius 1 is 1.11 bits per heavy atom. The van der Waals surface area contributed by atoms with Gasteiger partial charge in [-0.3, -0.25) is 9.69 Å². The SMILES string of the molecule is CCCCCCC[C@@]1(C)NC(=O)N(Cc2nc(-c3ccccc3)oc2C)C1=O. The first-order chi connectivity index (χ1) is 13.4. The first-order valence-electron chi connectivity index (χ1n) is 10.1. The average Bonchev–Trinajstić information content (AvgIpc) is 3.15. The predicted octanol–water partition coefficient (Wildman–Crippen LogP) is 4.82. The van der Waals surface area contributed by atoms with E-state index in [2.05, 4.69) is 17.2 Å². The minimum atomic E-state index is -0.830. The lowest BCUT2D eigenvalue weighted by atomic mass is 9.94. The fraction of sp³-hybridized carbons (Fsp3) is 0.500. The molecule has 6 nitrogen and oxygen atoms in total. The number of unbranched alkanes of at least 4 members (excludes halogenated alkanes) is 4. The normalized spacial score (nSPS) is 19.3. The molecule has 1 atom stereocenters. The number of imide groups is 1. The summed E-state index contributed by atoms with van der Waals surface area (Å²) >= 11 is 0. The van der Waals surface area contributed by atoms with Crippen molar-refractivity contribution >= 4 is 11.9 Å². The Hall–Kier alpha value is -2.63. The van der Waals surface area contributed by atoms with Crippen LogP contribution in [0.2, 0.25) is 0 Å². The molecule has 0 unspecified atom stereocenters. The number of oxazole rings is 1. The lowest BCUT2D eigenvalue weighted by molar-refractivity contribution is -0.131. The molecule has 3 rings (SSSR count). The minimum absolute atomic E-state index is 0.123. The van der Waals surface area contributed by atoms with Gasteiger partial charge >= 0.3 is 6.03 Å². The van der Waals surface area contributed by atoms with E-state index in [0.29, 0.717) is 23.8 Å². The molecule has 1 aromatic heterocycles. The van der Waals surface area contributed by atoms with Gasteiger partial charge in [-0.25, -0.2) is 9.78 Å². The van der Waals surface area contributed by atoms with Crippen molar-refractivity contribution in [1.29, 1.82) is 0 Å². The summed E-state index contributed by atoms with van der Waals surface area (Å²) in [5.41, 5.74) is 0.643. The number of hydrogen-bond acceptors (Lipinski definition) is 4. The Bertz CT molecular complexity index is 831. The molecule has 0 bridgehead atoms. The number of amides is 3. The molecule has 1 saturated heterocycles. The van der Waals surface area contributed by atoms with Gasteiger partial charge < -0.3 is 9.73 Å². The number of urea groups is 1. The summed E-state index contributed by atoms with van der Waals surface area (Å²) in [5, 5.41) is 2.88. The first kappa shape index (κ1) is 20.1. The van der Waals surface area contributed by atoms with Gasteiger partial charge in [0.1, 0.15) is 17.0 Å². The van der Waals surface area contributed by atoms with Crippen LogP contribution in [0.1, 0.15) is 63.8 Å². The van der Waals surface area contributed by atoms with Gasteiger partial charge in [-0.05, 0) is 32.4 Å². The maximum Gasteiger partial charge on any atom is 0.325 e. The van der Waals surface area contributed by atoms with Crippen LogP contribution in [0.25, 0.3) is 11.5 Å². The second kappa shape index (κ2) is 8.59. The van der Waals surface area contributed by atoms with Crippen LogP contribution in [-0.4, -0.2) is 27.4 Å². The maximum atomic E-state index is 12.9. The molecule has 150 valence electrons. The third-order valence-electron chi connectivity index (χ3n) is 5.35. The van der Waals surface area contributed by atoms with Crippen LogP contribution in [0.4, 0.5) is 4.79 Å². The first-order valence-corrected chi connectivity index (χ1v) is 10.1. The lowest BCUT2D eigenvalue weighted by Crippen LogP contribution is -2.43. The van der Waals surface area contributed by atoms with Crippen molar-refractivity contribution in [2.24, 2.45) is 0 Å². The van der Waals surface area contributed by atoms with E-state index in [1.807, 2.05) is 37.3 Å². The molecule has 0 radical (unpaired) electrons. The van der Waals surface area contributed by atoms with E-state index in [4.69, 9.17) is 4.42 Å². The number of carbonyl (C=O) groups excluding carboxylic acids is 2. The Labute approximate surface area is 166 Å². The molecule has 3 amide bonds. The van der Waals surface area contributed by atoms with Crippen LogP contribution < -0.4 is 5.32 Å². The van der Waals surface area contributed by atoms with E-state index < -0.39 is 5.54 Å². The molecule has 0 spiro atoms. The van der Waals surface area contributed by atoms with Gasteiger partial charge in [-0.15, -0.1) is 0 Å². The van der Waals surface area contributed by atoms with Crippen molar-refractivity contribution in [3.63, 3.8) is 0 Å². The van der Waals surface area contributed by atoms with Crippen molar-refractivity contribution in [3.8, 4) is 11.5 Å². The topological polar surface area (TPSA) is 75.4 Å². The van der Waals surface area contributed by atoms with Gasteiger partial charge in [0.25, 0.3) is 5.91 Å². The number of hydrogen-bond donors (Lipinski definition) is 1. The highest BCUT2D eigenvalue weighted by molar-refractivity contribution is 6.06. The lowest BCUT2D eigenvalue weighted by Gasteiger charge is -2.21. The zero-order valence-corrected chi connectivity index (χ0v) is 17.0. The number of aryl methyl sites for hydroxylation is 1. The fourth-order valence-electron chi connectivity index (χ4n) is 3.57. The zero-order valence-electron chi connectivity index (χ0n) is 17.0. The second-order valence-electron chi connectivity index (χ2n) is 7.71. The molecule has 1 aliphatic heterocycles. The van der Waals surface area contributed by atoms with Gasteiger partial charge in [-0.1, -0.05) is 57.2 Å². The molecule has 6 heteroatoms. The highest BCUT2D eigenvalue weighted by atomic mass is 16.4. The van der Waals surface area contributed by atoms with Crippen molar-refractivity contribution < 1.29 is 14.0 Å². The van der Waals surface area contributed by atoms with Gasteiger partial charge in [0.15, 0.2) is 0 Å². The van der Waals surface area contributed by atoms with Gasteiger partial charge in [0, 0.05) is 5.56 Å². The summed E-state index contributed by atoms with van der Waals surface area (Å²) in [4.78, 5) is 31.2. The number of nitrogens with zero attached hydrogens (tertiary/aromatic N) is 2. The number of nitrogens with one attached hydrogen (secondary N) is 1. The van der Waals surface area contributed by atoms with Crippen LogP contribution in [-0.2, 0) is 11.3 Å². The number of rotatable bonds is 9. The Morgan fingerprint density at radius 3 is 2.54 bits per heavy atom. The van der Waals surface area contributed by atoms with Gasteiger partial charge in [-0.2, -0.15) is 0 Å². The highest BCUT2D eigenvalue weighted by Crippen LogP contribution is 2.27. The van der Waals surface area contributed by atoms with E-state index >= 15 is 0 Å². The van der Waals surface area contributed by atoms with Crippen molar-refractivity contribution in [2.45, 2.75) is 71.4 Å². The van der Waals surface area contributed by atoms with E-state index in [1.165, 1.54) is 24.2 Å². The predicted molar refractivity (Wildman–Crippen MR) is 108 cm³/mol. The molecule has 28 heavy (non-hydrogen) atoms. The average molecular weight is 383 g/mol. The molecular weight excluding hydrogens is 354 g/mol. The summed E-state index contributed by atoms with van der Waals surface area (Å²) in [7, 11) is 0. The molecular formula is C22H29N3O3. The third kappa shape index (κ3) is 4.26.